The fourth-order valence-corrected chi connectivity index (χ4v) is 3.17. The number of rotatable bonds is 5. The molecule has 3 rings (SSSR count). The summed E-state index contributed by atoms with van der Waals surface area (Å²) in [6.07, 6.45) is -0.233. The van der Waals surface area contributed by atoms with Crippen molar-refractivity contribution in [2.45, 2.75) is 44.9 Å². The second-order valence-electron chi connectivity index (χ2n) is 6.21. The first-order valence-corrected chi connectivity index (χ1v) is 8.02. The monoisotopic (exact) mass is 346 g/mol. The van der Waals surface area contributed by atoms with Crippen molar-refractivity contribution in [1.82, 2.24) is 10.2 Å². The van der Waals surface area contributed by atoms with Gasteiger partial charge in [0, 0.05) is 17.5 Å². The first-order chi connectivity index (χ1) is 11.9. The fourth-order valence-electron chi connectivity index (χ4n) is 3.17. The number of carbonyl (C=O) groups excluding carboxylic acids is 3. The van der Waals surface area contributed by atoms with Crippen molar-refractivity contribution >= 4 is 23.7 Å². The molecule has 2 N–H and O–H groups in total. The molecule has 8 heteroatoms. The van der Waals surface area contributed by atoms with Crippen molar-refractivity contribution in [3.05, 3.63) is 29.3 Å². The van der Waals surface area contributed by atoms with Gasteiger partial charge in [0.15, 0.2) is 0 Å². The molecule has 132 valence electrons. The highest BCUT2D eigenvalue weighted by molar-refractivity contribution is 6.05. The number of benzene rings is 1. The van der Waals surface area contributed by atoms with Crippen LogP contribution in [0.5, 0.6) is 5.75 Å². The Morgan fingerprint density at radius 3 is 2.84 bits per heavy atom. The third kappa shape index (κ3) is 3.33. The number of aliphatic carboxylic acids is 1. The van der Waals surface area contributed by atoms with Gasteiger partial charge in [-0.2, -0.15) is 0 Å². The van der Waals surface area contributed by atoms with Gasteiger partial charge in [0.25, 0.3) is 5.91 Å². The molecule has 0 bridgehead atoms. The number of imide groups is 1. The molecule has 0 aromatic heterocycles. The van der Waals surface area contributed by atoms with Gasteiger partial charge in [-0.1, -0.05) is 6.07 Å². The average Bonchev–Trinajstić information content (AvgIpc) is 2.85. The van der Waals surface area contributed by atoms with Crippen LogP contribution < -0.4 is 10.1 Å². The Balaban J connectivity index is 1.81. The van der Waals surface area contributed by atoms with Crippen LogP contribution in [0.25, 0.3) is 0 Å². The van der Waals surface area contributed by atoms with E-state index in [1.54, 1.807) is 25.1 Å². The summed E-state index contributed by atoms with van der Waals surface area (Å²) in [5.74, 6) is -1.63. The molecule has 0 saturated carbocycles. The lowest BCUT2D eigenvalue weighted by molar-refractivity contribution is -0.139. The Kier molecular flexibility index (Phi) is 4.43. The molecule has 0 spiro atoms. The van der Waals surface area contributed by atoms with E-state index in [0.29, 0.717) is 16.9 Å². The molecule has 2 unspecified atom stereocenters. The Labute approximate surface area is 143 Å². The molecule has 1 saturated heterocycles. The topological polar surface area (TPSA) is 113 Å². The van der Waals surface area contributed by atoms with Crippen LogP contribution in [-0.4, -0.2) is 45.8 Å². The molecule has 3 amide bonds. The number of amides is 3. The SMILES string of the molecule is CC(CC(=O)O)Oc1cccc2c1CN(C1CCC(=O)NC1=O)C2=O. The van der Waals surface area contributed by atoms with Crippen LogP contribution in [0.3, 0.4) is 0 Å². The number of ether oxygens (including phenoxy) is 1. The standard InChI is InChI=1S/C17H18N2O6/c1-9(7-15(21)22)25-13-4-2-3-10-11(13)8-19(17(10)24)12-5-6-14(20)18-16(12)23/h2-4,9,12H,5-8H2,1H3,(H,21,22)(H,18,20,23). The summed E-state index contributed by atoms with van der Waals surface area (Å²) in [6.45, 7) is 1.83. The van der Waals surface area contributed by atoms with Crippen LogP contribution in [0.15, 0.2) is 18.2 Å². The number of nitrogens with zero attached hydrogens (tertiary/aromatic N) is 1. The van der Waals surface area contributed by atoms with E-state index in [1.165, 1.54) is 4.90 Å². The highest BCUT2D eigenvalue weighted by Gasteiger charge is 2.40. The quantitative estimate of drug-likeness (QED) is 0.759. The van der Waals surface area contributed by atoms with E-state index in [-0.39, 0.29) is 37.6 Å². The Bertz CT molecular complexity index is 760. The van der Waals surface area contributed by atoms with Crippen LogP contribution in [0.4, 0.5) is 0 Å². The van der Waals surface area contributed by atoms with Gasteiger partial charge in [0.1, 0.15) is 17.9 Å². The van der Waals surface area contributed by atoms with Gasteiger partial charge in [0.05, 0.1) is 13.0 Å². The number of hydrogen-bond acceptors (Lipinski definition) is 5. The first kappa shape index (κ1) is 16.9. The number of nitrogens with one attached hydrogen (secondary N) is 1. The van der Waals surface area contributed by atoms with Gasteiger partial charge >= 0.3 is 5.97 Å². The zero-order valence-electron chi connectivity index (χ0n) is 13.7. The number of carboxylic acids is 1. The lowest BCUT2D eigenvalue weighted by atomic mass is 10.0. The number of fused-ring (bicyclic) bond motifs is 1. The summed E-state index contributed by atoms with van der Waals surface area (Å²) < 4.78 is 5.68. The summed E-state index contributed by atoms with van der Waals surface area (Å²) in [5.41, 5.74) is 1.07. The number of carboxylic acid groups (broad SMARTS) is 1. The summed E-state index contributed by atoms with van der Waals surface area (Å²) in [6, 6.07) is 4.30. The van der Waals surface area contributed by atoms with E-state index in [4.69, 9.17) is 9.84 Å². The van der Waals surface area contributed by atoms with Gasteiger partial charge in [-0.15, -0.1) is 0 Å². The van der Waals surface area contributed by atoms with Crippen LogP contribution >= 0.6 is 0 Å². The van der Waals surface area contributed by atoms with Crippen molar-refractivity contribution in [1.29, 1.82) is 0 Å². The molecule has 0 radical (unpaired) electrons. The number of piperidine rings is 1. The summed E-state index contributed by atoms with van der Waals surface area (Å²) in [7, 11) is 0. The highest BCUT2D eigenvalue weighted by Crippen LogP contribution is 2.34. The summed E-state index contributed by atoms with van der Waals surface area (Å²) in [5, 5.41) is 11.1. The van der Waals surface area contributed by atoms with E-state index >= 15 is 0 Å². The third-order valence-electron chi connectivity index (χ3n) is 4.33. The van der Waals surface area contributed by atoms with Crippen LogP contribution in [0, 0.1) is 0 Å². The predicted molar refractivity (Wildman–Crippen MR) is 84.8 cm³/mol. The molecule has 1 aromatic carbocycles. The lowest BCUT2D eigenvalue weighted by Crippen LogP contribution is -2.52. The number of hydrogen-bond donors (Lipinski definition) is 2. The maximum Gasteiger partial charge on any atom is 0.307 e. The van der Waals surface area contributed by atoms with Crippen LogP contribution in [-0.2, 0) is 20.9 Å². The Morgan fingerprint density at radius 2 is 2.16 bits per heavy atom. The zero-order valence-corrected chi connectivity index (χ0v) is 13.7. The molecule has 2 heterocycles. The zero-order chi connectivity index (χ0) is 18.1. The second kappa shape index (κ2) is 6.54. The third-order valence-corrected chi connectivity index (χ3v) is 4.33. The molecular weight excluding hydrogens is 328 g/mol. The van der Waals surface area contributed by atoms with Crippen LogP contribution in [0.1, 0.15) is 42.1 Å². The van der Waals surface area contributed by atoms with E-state index in [1.807, 2.05) is 0 Å². The molecule has 2 aliphatic rings. The Morgan fingerprint density at radius 1 is 1.40 bits per heavy atom. The minimum atomic E-state index is -0.971. The Hall–Kier alpha value is -2.90. The van der Waals surface area contributed by atoms with E-state index in [0.717, 1.165) is 0 Å². The first-order valence-electron chi connectivity index (χ1n) is 8.02. The normalized spacial score (nSPS) is 20.9. The van der Waals surface area contributed by atoms with Crippen molar-refractivity contribution in [3.63, 3.8) is 0 Å². The molecule has 1 fully saturated rings. The predicted octanol–water partition coefficient (Wildman–Crippen LogP) is 0.690. The van der Waals surface area contributed by atoms with Crippen LogP contribution in [0.2, 0.25) is 0 Å². The molecule has 2 aliphatic heterocycles. The highest BCUT2D eigenvalue weighted by atomic mass is 16.5. The summed E-state index contributed by atoms with van der Waals surface area (Å²) >= 11 is 0. The molecular formula is C17H18N2O6. The lowest BCUT2D eigenvalue weighted by Gasteiger charge is -2.29. The average molecular weight is 346 g/mol. The minimum Gasteiger partial charge on any atom is -0.490 e. The smallest absolute Gasteiger partial charge is 0.307 e. The maximum absolute atomic E-state index is 12.7. The van der Waals surface area contributed by atoms with Gasteiger partial charge in [-0.05, 0) is 25.5 Å². The molecule has 0 aliphatic carbocycles. The van der Waals surface area contributed by atoms with E-state index in [9.17, 15) is 19.2 Å². The van der Waals surface area contributed by atoms with Crippen molar-refractivity contribution in [3.8, 4) is 5.75 Å². The van der Waals surface area contributed by atoms with Crippen molar-refractivity contribution in [2.75, 3.05) is 0 Å². The largest absolute Gasteiger partial charge is 0.490 e. The van der Waals surface area contributed by atoms with Gasteiger partial charge < -0.3 is 14.7 Å². The molecule has 25 heavy (non-hydrogen) atoms. The van der Waals surface area contributed by atoms with E-state index in [2.05, 4.69) is 5.32 Å². The van der Waals surface area contributed by atoms with Gasteiger partial charge in [0.2, 0.25) is 11.8 Å². The molecule has 8 nitrogen and oxygen atoms in total. The fraction of sp³-hybridized carbons (Fsp3) is 0.412. The molecule has 1 aromatic rings. The van der Waals surface area contributed by atoms with Crippen molar-refractivity contribution in [2.24, 2.45) is 0 Å². The summed E-state index contributed by atoms with van der Waals surface area (Å²) in [4.78, 5) is 48.2. The van der Waals surface area contributed by atoms with Gasteiger partial charge in [-0.3, -0.25) is 24.5 Å². The molecule has 2 atom stereocenters. The van der Waals surface area contributed by atoms with Crippen molar-refractivity contribution < 1.29 is 29.0 Å². The maximum atomic E-state index is 12.7. The second-order valence-corrected chi connectivity index (χ2v) is 6.21. The minimum absolute atomic E-state index is 0.158. The number of carbonyl (C=O) groups is 4. The van der Waals surface area contributed by atoms with Gasteiger partial charge in [-0.25, -0.2) is 0 Å². The van der Waals surface area contributed by atoms with E-state index < -0.39 is 24.0 Å².